The summed E-state index contributed by atoms with van der Waals surface area (Å²) < 4.78 is 0. The van der Waals surface area contributed by atoms with Crippen molar-refractivity contribution in [2.24, 2.45) is 0 Å². The SMILES string of the molecule is C.CC(=O)O.CC=O.CCC.CCC#N.CCO. The van der Waals surface area contributed by atoms with Crippen molar-refractivity contribution in [2.45, 2.75) is 61.8 Å². The minimum atomic E-state index is -0.833. The van der Waals surface area contributed by atoms with Crippen molar-refractivity contribution < 1.29 is 19.8 Å². The molecule has 0 aromatic rings. The summed E-state index contributed by atoms with van der Waals surface area (Å²) >= 11 is 0. The molecule has 2 N–H and O–H groups in total. The zero-order valence-electron chi connectivity index (χ0n) is 11.9. The first-order valence-electron chi connectivity index (χ1n) is 5.46. The molecule has 0 aliphatic heterocycles. The Balaban J connectivity index is -0.0000000249. The highest BCUT2D eigenvalue weighted by atomic mass is 16.4. The third-order valence-electron chi connectivity index (χ3n) is 0.158. The molecule has 0 amide bonds. The number of carboxylic acids is 1. The van der Waals surface area contributed by atoms with Crippen LogP contribution >= 0.6 is 0 Å². The van der Waals surface area contributed by atoms with E-state index in [9.17, 15) is 0 Å². The lowest BCUT2D eigenvalue weighted by Gasteiger charge is -1.59. The lowest BCUT2D eigenvalue weighted by molar-refractivity contribution is -0.134. The van der Waals surface area contributed by atoms with Crippen LogP contribution in [0, 0.1) is 11.3 Å². The molecule has 0 fully saturated rings. The largest absolute Gasteiger partial charge is 0.481 e. The van der Waals surface area contributed by atoms with E-state index >= 15 is 0 Å². The molecule has 0 rings (SSSR count). The zero-order chi connectivity index (χ0) is 15.1. The number of carbonyl (C=O) groups excluding carboxylic acids is 1. The Labute approximate surface area is 112 Å². The quantitative estimate of drug-likeness (QED) is 0.655. The lowest BCUT2D eigenvalue weighted by Crippen LogP contribution is -1.78. The molecular weight excluding hydrogens is 234 g/mol. The van der Waals surface area contributed by atoms with Crippen LogP contribution in [0.1, 0.15) is 61.8 Å². The van der Waals surface area contributed by atoms with Crippen molar-refractivity contribution in [2.75, 3.05) is 6.61 Å². The Morgan fingerprint density at radius 2 is 1.33 bits per heavy atom. The second-order valence-electron chi connectivity index (χ2n) is 2.29. The van der Waals surface area contributed by atoms with Crippen LogP contribution in [0.5, 0.6) is 0 Å². The van der Waals surface area contributed by atoms with Gasteiger partial charge in [-0.25, -0.2) is 0 Å². The molecular formula is C13H31NO4. The highest BCUT2D eigenvalue weighted by molar-refractivity contribution is 5.62. The number of carbonyl (C=O) groups is 2. The van der Waals surface area contributed by atoms with E-state index in [2.05, 4.69) is 13.8 Å². The second-order valence-corrected chi connectivity index (χ2v) is 2.29. The van der Waals surface area contributed by atoms with Crippen molar-refractivity contribution >= 4 is 12.3 Å². The van der Waals surface area contributed by atoms with Gasteiger partial charge in [-0.1, -0.05) is 34.6 Å². The third kappa shape index (κ3) is 16000. The van der Waals surface area contributed by atoms with E-state index in [-0.39, 0.29) is 14.0 Å². The smallest absolute Gasteiger partial charge is 0.300 e. The molecule has 0 saturated heterocycles. The fraction of sp³-hybridized carbons (Fsp3) is 0.769. The van der Waals surface area contributed by atoms with Crippen LogP contribution in [0.25, 0.3) is 0 Å². The summed E-state index contributed by atoms with van der Waals surface area (Å²) in [6.07, 6.45) is 2.62. The summed E-state index contributed by atoms with van der Waals surface area (Å²) in [6, 6.07) is 1.93. The molecule has 0 saturated carbocycles. The first kappa shape index (κ1) is 36.0. The van der Waals surface area contributed by atoms with Gasteiger partial charge in [0, 0.05) is 20.0 Å². The van der Waals surface area contributed by atoms with Crippen LogP contribution < -0.4 is 0 Å². The van der Waals surface area contributed by atoms with Gasteiger partial charge >= 0.3 is 0 Å². The van der Waals surface area contributed by atoms with Gasteiger partial charge in [0.2, 0.25) is 0 Å². The van der Waals surface area contributed by atoms with E-state index in [1.807, 2.05) is 13.0 Å². The minimum absolute atomic E-state index is 0. The minimum Gasteiger partial charge on any atom is -0.481 e. The number of aliphatic hydroxyl groups is 1. The summed E-state index contributed by atoms with van der Waals surface area (Å²) in [5.74, 6) is -0.833. The Hall–Kier alpha value is -1.41. The standard InChI is InChI=1S/C3H5N.C3H8.C2H4O2.C2H6O.C2H4O.CH4/c1-2-3-4;1-3-2;1-2(3)4;2*1-2-3;/h2H2,1H3;3H2,1-2H3;1H3,(H,3,4);3H,2H2,1H3;2H,1H3;1H4. The lowest BCUT2D eigenvalue weighted by atomic mass is 10.6. The molecule has 0 atom stereocenters. The Bertz CT molecular complexity index is 148. The highest BCUT2D eigenvalue weighted by Gasteiger charge is 1.65. The molecule has 0 heterocycles. The second kappa shape index (κ2) is 76.4. The maximum atomic E-state index is 9.00. The molecule has 0 aliphatic rings. The molecule has 0 spiro atoms. The van der Waals surface area contributed by atoms with Gasteiger partial charge < -0.3 is 15.0 Å². The van der Waals surface area contributed by atoms with E-state index in [4.69, 9.17) is 25.1 Å². The first-order valence-corrected chi connectivity index (χ1v) is 5.46. The van der Waals surface area contributed by atoms with Crippen molar-refractivity contribution in [3.05, 3.63) is 0 Å². The van der Waals surface area contributed by atoms with E-state index in [1.165, 1.54) is 13.3 Å². The summed E-state index contributed by atoms with van der Waals surface area (Å²) in [4.78, 5) is 17.8. The summed E-state index contributed by atoms with van der Waals surface area (Å²) in [5.41, 5.74) is 0. The maximum absolute atomic E-state index is 9.00. The number of nitriles is 1. The van der Waals surface area contributed by atoms with Crippen molar-refractivity contribution in [3.8, 4) is 6.07 Å². The van der Waals surface area contributed by atoms with Gasteiger partial charge in [-0.05, 0) is 13.8 Å². The van der Waals surface area contributed by atoms with Crippen LogP contribution in [-0.4, -0.2) is 29.1 Å². The predicted molar refractivity (Wildman–Crippen MR) is 76.4 cm³/mol. The average molecular weight is 265 g/mol. The zero-order valence-corrected chi connectivity index (χ0v) is 11.9. The topological polar surface area (TPSA) is 98.4 Å². The van der Waals surface area contributed by atoms with Crippen molar-refractivity contribution in [1.82, 2.24) is 0 Å². The molecule has 0 radical (unpaired) electrons. The molecule has 0 bridgehead atoms. The number of carboxylic acid groups (broad SMARTS) is 1. The van der Waals surface area contributed by atoms with Crippen LogP contribution in [0.2, 0.25) is 0 Å². The van der Waals surface area contributed by atoms with Crippen LogP contribution in [-0.2, 0) is 9.59 Å². The summed E-state index contributed by atoms with van der Waals surface area (Å²) in [5, 5.41) is 22.6. The van der Waals surface area contributed by atoms with Gasteiger partial charge in [-0.2, -0.15) is 5.26 Å². The monoisotopic (exact) mass is 265 g/mol. The number of aldehydes is 1. The van der Waals surface area contributed by atoms with Crippen LogP contribution in [0.3, 0.4) is 0 Å². The number of hydrogen-bond acceptors (Lipinski definition) is 4. The van der Waals surface area contributed by atoms with E-state index < -0.39 is 5.97 Å². The number of nitrogens with zero attached hydrogens (tertiary/aromatic N) is 1. The molecule has 18 heavy (non-hydrogen) atoms. The number of rotatable bonds is 0. The van der Waals surface area contributed by atoms with Crippen LogP contribution in [0.15, 0.2) is 0 Å². The van der Waals surface area contributed by atoms with Crippen LogP contribution in [0.4, 0.5) is 0 Å². The first-order chi connectivity index (χ1) is 7.89. The molecule has 5 heteroatoms. The summed E-state index contributed by atoms with van der Waals surface area (Å²) in [6.45, 7) is 10.5. The van der Waals surface area contributed by atoms with Gasteiger partial charge in [0.25, 0.3) is 5.97 Å². The molecule has 0 aliphatic carbocycles. The Morgan fingerprint density at radius 3 is 1.33 bits per heavy atom. The molecule has 112 valence electrons. The molecule has 0 unspecified atom stereocenters. The van der Waals surface area contributed by atoms with Crippen molar-refractivity contribution in [3.63, 3.8) is 0 Å². The molecule has 0 aromatic heterocycles. The van der Waals surface area contributed by atoms with E-state index in [0.717, 1.165) is 13.2 Å². The third-order valence-corrected chi connectivity index (χ3v) is 0.158. The summed E-state index contributed by atoms with van der Waals surface area (Å²) in [7, 11) is 0. The maximum Gasteiger partial charge on any atom is 0.300 e. The van der Waals surface area contributed by atoms with E-state index in [1.54, 1.807) is 6.92 Å². The predicted octanol–water partition coefficient (Wildman–Crippen LogP) is 3.27. The number of aliphatic carboxylic acids is 1. The highest BCUT2D eigenvalue weighted by Crippen LogP contribution is 1.58. The average Bonchev–Trinajstić information content (AvgIpc) is 2.20. The Morgan fingerprint density at radius 1 is 1.28 bits per heavy atom. The van der Waals surface area contributed by atoms with Gasteiger partial charge in [-0.3, -0.25) is 4.79 Å². The normalized spacial score (nSPS) is 5.22. The van der Waals surface area contributed by atoms with Gasteiger partial charge in [-0.15, -0.1) is 0 Å². The van der Waals surface area contributed by atoms with E-state index in [0.29, 0.717) is 6.42 Å². The molecule has 0 aromatic carbocycles. The molecule has 5 nitrogen and oxygen atoms in total. The fourth-order valence-corrected chi connectivity index (χ4v) is 0. The Kier molecular flexibility index (Phi) is 153. The van der Waals surface area contributed by atoms with Gasteiger partial charge in [0.15, 0.2) is 0 Å². The van der Waals surface area contributed by atoms with Gasteiger partial charge in [0.05, 0.1) is 6.07 Å². The van der Waals surface area contributed by atoms with Gasteiger partial charge in [0.1, 0.15) is 6.29 Å². The number of aliphatic hydroxyl groups excluding tert-OH is 1. The fourth-order valence-electron chi connectivity index (χ4n) is 0. The number of hydrogen-bond donors (Lipinski definition) is 2. The van der Waals surface area contributed by atoms with Crippen molar-refractivity contribution in [1.29, 1.82) is 5.26 Å².